The molecule has 1 aromatic rings. The molecule has 0 amide bonds. The van der Waals surface area contributed by atoms with Crippen LogP contribution in [-0.4, -0.2) is 25.7 Å². The lowest BCUT2D eigenvalue weighted by molar-refractivity contribution is -0.137. The second-order valence-corrected chi connectivity index (χ2v) is 7.25. The number of hydrogen-bond donors (Lipinski definition) is 2. The summed E-state index contributed by atoms with van der Waals surface area (Å²) in [4.78, 5) is 0.476. The first kappa shape index (κ1) is 16.4. The molecule has 0 fully saturated rings. The molecule has 0 aliphatic rings. The molecule has 0 saturated carbocycles. The molecule has 1 aromatic heterocycles. The van der Waals surface area contributed by atoms with Crippen LogP contribution in [-0.2, 0) is 16.6 Å². The van der Waals surface area contributed by atoms with Crippen molar-refractivity contribution in [2.75, 3.05) is 0 Å². The van der Waals surface area contributed by atoms with E-state index in [1.54, 1.807) is 6.92 Å². The first-order chi connectivity index (χ1) is 8.55. The summed E-state index contributed by atoms with van der Waals surface area (Å²) in [5, 5.41) is 8.98. The Morgan fingerprint density at radius 1 is 1.47 bits per heavy atom. The molecule has 0 radical (unpaired) electrons. The zero-order chi connectivity index (χ0) is 14.8. The van der Waals surface area contributed by atoms with Crippen molar-refractivity contribution >= 4 is 21.4 Å². The number of alkyl halides is 3. The largest absolute Gasteiger partial charge is 0.391 e. The van der Waals surface area contributed by atoms with Crippen LogP contribution in [0.5, 0.6) is 0 Å². The van der Waals surface area contributed by atoms with Gasteiger partial charge in [-0.25, -0.2) is 13.1 Å². The van der Waals surface area contributed by atoms with Crippen LogP contribution in [0.15, 0.2) is 10.3 Å². The van der Waals surface area contributed by atoms with Gasteiger partial charge in [0, 0.05) is 10.9 Å². The minimum Gasteiger partial charge on any atom is -0.391 e. The topological polar surface area (TPSA) is 66.4 Å². The molecule has 2 N–H and O–H groups in total. The Bertz CT molecular complexity index is 537. The van der Waals surface area contributed by atoms with E-state index in [4.69, 9.17) is 5.11 Å². The van der Waals surface area contributed by atoms with Crippen LogP contribution in [0, 0.1) is 6.92 Å². The minimum absolute atomic E-state index is 0.0944. The lowest BCUT2D eigenvalue weighted by Crippen LogP contribution is -2.35. The van der Waals surface area contributed by atoms with E-state index in [-0.39, 0.29) is 10.8 Å². The number of aryl methyl sites for hydroxylation is 1. The van der Waals surface area contributed by atoms with Crippen molar-refractivity contribution in [1.29, 1.82) is 0 Å². The van der Waals surface area contributed by atoms with Crippen molar-refractivity contribution in [2.45, 2.75) is 43.3 Å². The number of nitrogens with one attached hydrogen (secondary N) is 1. The molecule has 0 aliphatic carbocycles. The molecule has 0 bridgehead atoms. The monoisotopic (exact) mass is 317 g/mol. The molecule has 19 heavy (non-hydrogen) atoms. The molecule has 1 rings (SSSR count). The van der Waals surface area contributed by atoms with Crippen LogP contribution in [0.4, 0.5) is 13.2 Å². The van der Waals surface area contributed by atoms with Gasteiger partial charge in [-0.15, -0.1) is 11.3 Å². The minimum atomic E-state index is -4.43. The number of sulfonamides is 1. The Morgan fingerprint density at radius 2 is 2.05 bits per heavy atom. The number of aliphatic hydroxyl groups excluding tert-OH is 1. The summed E-state index contributed by atoms with van der Waals surface area (Å²) >= 11 is 0.845. The number of rotatable bonds is 5. The maximum Gasteiger partial charge on any atom is 0.390 e. The van der Waals surface area contributed by atoms with Gasteiger partial charge >= 0.3 is 6.18 Å². The van der Waals surface area contributed by atoms with E-state index in [9.17, 15) is 21.6 Å². The summed E-state index contributed by atoms with van der Waals surface area (Å²) in [5.41, 5.74) is 0.594. The van der Waals surface area contributed by atoms with Gasteiger partial charge in [0.15, 0.2) is 0 Å². The zero-order valence-electron chi connectivity index (χ0n) is 10.3. The third-order valence-corrected chi connectivity index (χ3v) is 5.59. The SMILES string of the molecule is Cc1cc(S(=O)(=O)NC(C)CC(F)(F)F)sc1CO. The highest BCUT2D eigenvalue weighted by molar-refractivity contribution is 7.91. The van der Waals surface area contributed by atoms with Crippen LogP contribution in [0.3, 0.4) is 0 Å². The Morgan fingerprint density at radius 3 is 2.47 bits per heavy atom. The standard InChI is InChI=1S/C10H14F3NO3S2/c1-6-3-9(18-8(6)5-15)19(16,17)14-7(2)4-10(11,12)13/h3,7,14-15H,4-5H2,1-2H3. The summed E-state index contributed by atoms with van der Waals surface area (Å²) in [6, 6.07) is 0.0868. The average molecular weight is 317 g/mol. The molecule has 0 aliphatic heterocycles. The van der Waals surface area contributed by atoms with Gasteiger partial charge in [0.1, 0.15) is 4.21 Å². The number of halogens is 3. The van der Waals surface area contributed by atoms with Crippen LogP contribution < -0.4 is 4.72 Å². The maximum atomic E-state index is 12.1. The molecule has 1 unspecified atom stereocenters. The molecule has 1 atom stereocenters. The molecule has 0 spiro atoms. The highest BCUT2D eigenvalue weighted by Gasteiger charge is 2.32. The molecule has 1 heterocycles. The summed E-state index contributed by atoms with van der Waals surface area (Å²) in [6.45, 7) is 2.47. The zero-order valence-corrected chi connectivity index (χ0v) is 11.9. The van der Waals surface area contributed by atoms with Crippen molar-refractivity contribution in [3.05, 3.63) is 16.5 Å². The van der Waals surface area contributed by atoms with E-state index < -0.39 is 28.7 Å². The van der Waals surface area contributed by atoms with Crippen molar-refractivity contribution in [3.63, 3.8) is 0 Å². The van der Waals surface area contributed by atoms with E-state index in [0.717, 1.165) is 18.3 Å². The summed E-state index contributed by atoms with van der Waals surface area (Å²) < 4.78 is 62.0. The van der Waals surface area contributed by atoms with Gasteiger partial charge in [-0.3, -0.25) is 0 Å². The van der Waals surface area contributed by atoms with Crippen LogP contribution in [0.25, 0.3) is 0 Å². The third kappa shape index (κ3) is 4.75. The number of thiophene rings is 1. The normalized spacial score (nSPS) is 14.6. The van der Waals surface area contributed by atoms with Crippen molar-refractivity contribution < 1.29 is 26.7 Å². The number of hydrogen-bond acceptors (Lipinski definition) is 4. The van der Waals surface area contributed by atoms with E-state index >= 15 is 0 Å². The maximum absolute atomic E-state index is 12.1. The summed E-state index contributed by atoms with van der Waals surface area (Å²) in [6.07, 6.45) is -5.66. The Labute approximate surface area is 113 Å². The Hall–Kier alpha value is -0.640. The van der Waals surface area contributed by atoms with E-state index in [0.29, 0.717) is 10.4 Å². The van der Waals surface area contributed by atoms with Gasteiger partial charge in [0.05, 0.1) is 13.0 Å². The second-order valence-electron chi connectivity index (χ2n) is 4.17. The first-order valence-electron chi connectivity index (χ1n) is 5.34. The van der Waals surface area contributed by atoms with Crippen LogP contribution in [0.1, 0.15) is 23.8 Å². The van der Waals surface area contributed by atoms with Gasteiger partial charge in [0.25, 0.3) is 0 Å². The lowest BCUT2D eigenvalue weighted by atomic mass is 10.2. The van der Waals surface area contributed by atoms with Gasteiger partial charge in [0.2, 0.25) is 10.0 Å². The van der Waals surface area contributed by atoms with Crippen LogP contribution in [0.2, 0.25) is 0 Å². The third-order valence-electron chi connectivity index (χ3n) is 2.30. The summed E-state index contributed by atoms with van der Waals surface area (Å²) in [5.74, 6) is 0. The fraction of sp³-hybridized carbons (Fsp3) is 0.600. The molecular formula is C10H14F3NO3S2. The predicted octanol–water partition coefficient (Wildman–Crippen LogP) is 2.17. The van der Waals surface area contributed by atoms with E-state index in [1.165, 1.54) is 6.07 Å². The molecule has 9 heteroatoms. The van der Waals surface area contributed by atoms with E-state index in [1.807, 2.05) is 4.72 Å². The smallest absolute Gasteiger partial charge is 0.390 e. The van der Waals surface area contributed by atoms with Gasteiger partial charge in [-0.1, -0.05) is 0 Å². The van der Waals surface area contributed by atoms with Gasteiger partial charge in [-0.05, 0) is 25.5 Å². The first-order valence-corrected chi connectivity index (χ1v) is 7.64. The molecular weight excluding hydrogens is 303 g/mol. The van der Waals surface area contributed by atoms with Crippen molar-refractivity contribution in [2.24, 2.45) is 0 Å². The van der Waals surface area contributed by atoms with Gasteiger partial charge in [-0.2, -0.15) is 13.2 Å². The van der Waals surface area contributed by atoms with Crippen molar-refractivity contribution in [3.8, 4) is 0 Å². The lowest BCUT2D eigenvalue weighted by Gasteiger charge is -2.15. The van der Waals surface area contributed by atoms with E-state index in [2.05, 4.69) is 0 Å². The fourth-order valence-electron chi connectivity index (χ4n) is 1.49. The molecule has 110 valence electrons. The highest BCUT2D eigenvalue weighted by Crippen LogP contribution is 2.27. The quantitative estimate of drug-likeness (QED) is 0.874. The van der Waals surface area contributed by atoms with Crippen LogP contribution >= 0.6 is 11.3 Å². The van der Waals surface area contributed by atoms with Gasteiger partial charge < -0.3 is 5.11 Å². The highest BCUT2D eigenvalue weighted by atomic mass is 32.2. The molecule has 0 saturated heterocycles. The Balaban J connectivity index is 2.86. The number of aliphatic hydroxyl groups is 1. The fourth-order valence-corrected chi connectivity index (χ4v) is 4.20. The molecule has 4 nitrogen and oxygen atoms in total. The molecule has 0 aromatic carbocycles. The predicted molar refractivity (Wildman–Crippen MR) is 65.4 cm³/mol. The summed E-state index contributed by atoms with van der Waals surface area (Å²) in [7, 11) is -3.99. The Kier molecular flexibility index (Phi) is 4.99. The average Bonchev–Trinajstić information content (AvgIpc) is 2.56. The van der Waals surface area contributed by atoms with Crippen molar-refractivity contribution in [1.82, 2.24) is 4.72 Å². The second kappa shape index (κ2) is 5.78.